The highest BCUT2D eigenvalue weighted by atomic mass is 32.2. The summed E-state index contributed by atoms with van der Waals surface area (Å²) in [6.45, 7) is 1.93. The molecular weight excluding hydrogens is 304 g/mol. The molecule has 3 rings (SSSR count). The highest BCUT2D eigenvalue weighted by Gasteiger charge is 2.12. The molecule has 108 valence electrons. The number of nitrogens with one attached hydrogen (secondary N) is 1. The molecule has 1 aromatic heterocycles. The van der Waals surface area contributed by atoms with E-state index in [4.69, 9.17) is 0 Å². The van der Waals surface area contributed by atoms with Crippen LogP contribution in [0, 0.1) is 6.92 Å². The van der Waals surface area contributed by atoms with Gasteiger partial charge in [-0.15, -0.1) is 11.3 Å². The summed E-state index contributed by atoms with van der Waals surface area (Å²) < 4.78 is 28.0. The second-order valence-corrected chi connectivity index (χ2v) is 7.72. The molecule has 3 aromatic rings. The van der Waals surface area contributed by atoms with E-state index in [-0.39, 0.29) is 5.75 Å². The lowest BCUT2D eigenvalue weighted by Gasteiger charge is -2.08. The van der Waals surface area contributed by atoms with Crippen molar-refractivity contribution in [2.24, 2.45) is 0 Å². The largest absolute Gasteiger partial charge is 0.283 e. The SMILES string of the molecule is Cc1nc2cc(NS(=O)(=O)Cc3ccccc3)ccc2s1. The predicted molar refractivity (Wildman–Crippen MR) is 87.0 cm³/mol. The van der Waals surface area contributed by atoms with Crippen molar-refractivity contribution in [1.29, 1.82) is 0 Å². The van der Waals surface area contributed by atoms with Gasteiger partial charge in [0.2, 0.25) is 10.0 Å². The Labute approximate surface area is 127 Å². The second-order valence-electron chi connectivity index (χ2n) is 4.76. The summed E-state index contributed by atoms with van der Waals surface area (Å²) in [6.07, 6.45) is 0. The number of nitrogens with zero attached hydrogens (tertiary/aromatic N) is 1. The Bertz CT molecular complexity index is 871. The lowest BCUT2D eigenvalue weighted by atomic mass is 10.2. The number of rotatable bonds is 4. The van der Waals surface area contributed by atoms with Gasteiger partial charge in [-0.25, -0.2) is 13.4 Å². The molecule has 0 unspecified atom stereocenters. The summed E-state index contributed by atoms with van der Waals surface area (Å²) in [5, 5.41) is 0.967. The Morgan fingerprint density at radius 1 is 1.14 bits per heavy atom. The van der Waals surface area contributed by atoms with E-state index in [1.165, 1.54) is 0 Å². The van der Waals surface area contributed by atoms with E-state index < -0.39 is 10.0 Å². The Morgan fingerprint density at radius 2 is 1.90 bits per heavy atom. The monoisotopic (exact) mass is 318 g/mol. The zero-order valence-corrected chi connectivity index (χ0v) is 13.0. The van der Waals surface area contributed by atoms with Crippen molar-refractivity contribution < 1.29 is 8.42 Å². The first kappa shape index (κ1) is 14.0. The van der Waals surface area contributed by atoms with Gasteiger partial charge in [-0.2, -0.15) is 0 Å². The van der Waals surface area contributed by atoms with Gasteiger partial charge in [0.25, 0.3) is 0 Å². The summed E-state index contributed by atoms with van der Waals surface area (Å²) in [4.78, 5) is 4.37. The molecule has 0 saturated heterocycles. The number of sulfonamides is 1. The molecule has 0 aliphatic rings. The van der Waals surface area contributed by atoms with E-state index in [1.54, 1.807) is 35.6 Å². The maximum Gasteiger partial charge on any atom is 0.236 e. The van der Waals surface area contributed by atoms with Crippen LogP contribution < -0.4 is 4.72 Å². The second kappa shape index (κ2) is 5.46. The van der Waals surface area contributed by atoms with Crippen LogP contribution in [0.1, 0.15) is 10.6 Å². The Balaban J connectivity index is 1.83. The third-order valence-electron chi connectivity index (χ3n) is 2.97. The number of benzene rings is 2. The van der Waals surface area contributed by atoms with E-state index in [0.29, 0.717) is 5.69 Å². The Morgan fingerprint density at radius 3 is 2.67 bits per heavy atom. The molecule has 21 heavy (non-hydrogen) atoms. The molecule has 4 nitrogen and oxygen atoms in total. The van der Waals surface area contributed by atoms with Crippen LogP contribution in [-0.4, -0.2) is 13.4 Å². The first-order chi connectivity index (χ1) is 10.0. The van der Waals surface area contributed by atoms with Gasteiger partial charge in [0.05, 0.1) is 26.7 Å². The fraction of sp³-hybridized carbons (Fsp3) is 0.133. The maximum absolute atomic E-state index is 12.2. The van der Waals surface area contributed by atoms with Crippen molar-refractivity contribution in [3.05, 3.63) is 59.1 Å². The topological polar surface area (TPSA) is 59.1 Å². The number of aryl methyl sites for hydroxylation is 1. The van der Waals surface area contributed by atoms with Crippen molar-refractivity contribution in [2.45, 2.75) is 12.7 Å². The number of fused-ring (bicyclic) bond motifs is 1. The Kier molecular flexibility index (Phi) is 3.65. The predicted octanol–water partition coefficient (Wildman–Crippen LogP) is 3.55. The van der Waals surface area contributed by atoms with Crippen LogP contribution in [0.2, 0.25) is 0 Å². The minimum absolute atomic E-state index is 0.0397. The van der Waals surface area contributed by atoms with Gasteiger partial charge >= 0.3 is 0 Å². The molecule has 1 N–H and O–H groups in total. The third-order valence-corrected chi connectivity index (χ3v) is 5.18. The van der Waals surface area contributed by atoms with Crippen LogP contribution in [0.4, 0.5) is 5.69 Å². The fourth-order valence-corrected chi connectivity index (χ4v) is 4.11. The smallest absolute Gasteiger partial charge is 0.236 e. The van der Waals surface area contributed by atoms with Crippen molar-refractivity contribution in [1.82, 2.24) is 4.98 Å². The number of hydrogen-bond donors (Lipinski definition) is 1. The van der Waals surface area contributed by atoms with Crippen LogP contribution in [0.15, 0.2) is 48.5 Å². The van der Waals surface area contributed by atoms with E-state index in [0.717, 1.165) is 20.8 Å². The molecule has 0 aliphatic heterocycles. The molecular formula is C15H14N2O2S2. The maximum atomic E-state index is 12.2. The molecule has 0 saturated carbocycles. The third kappa shape index (κ3) is 3.40. The molecule has 0 spiro atoms. The van der Waals surface area contributed by atoms with Crippen molar-refractivity contribution in [2.75, 3.05) is 4.72 Å². The number of aromatic nitrogens is 1. The average molecular weight is 318 g/mol. The molecule has 0 bridgehead atoms. The van der Waals surface area contributed by atoms with Crippen LogP contribution >= 0.6 is 11.3 Å². The van der Waals surface area contributed by atoms with Crippen molar-refractivity contribution in [3.63, 3.8) is 0 Å². The summed E-state index contributed by atoms with van der Waals surface area (Å²) in [5.41, 5.74) is 2.12. The van der Waals surface area contributed by atoms with Gasteiger partial charge in [-0.3, -0.25) is 4.72 Å². The molecule has 2 aromatic carbocycles. The zero-order valence-electron chi connectivity index (χ0n) is 11.4. The van der Waals surface area contributed by atoms with E-state index in [1.807, 2.05) is 31.2 Å². The van der Waals surface area contributed by atoms with Crippen LogP contribution in [-0.2, 0) is 15.8 Å². The number of hydrogen-bond acceptors (Lipinski definition) is 4. The summed E-state index contributed by atoms with van der Waals surface area (Å²) in [7, 11) is -3.42. The fourth-order valence-electron chi connectivity index (χ4n) is 2.12. The van der Waals surface area contributed by atoms with Crippen LogP contribution in [0.3, 0.4) is 0 Å². The van der Waals surface area contributed by atoms with Crippen LogP contribution in [0.5, 0.6) is 0 Å². The minimum Gasteiger partial charge on any atom is -0.283 e. The van der Waals surface area contributed by atoms with E-state index >= 15 is 0 Å². The van der Waals surface area contributed by atoms with Gasteiger partial charge in [0, 0.05) is 0 Å². The molecule has 1 heterocycles. The van der Waals surface area contributed by atoms with Crippen LogP contribution in [0.25, 0.3) is 10.2 Å². The average Bonchev–Trinajstić information content (AvgIpc) is 2.78. The van der Waals surface area contributed by atoms with Gasteiger partial charge < -0.3 is 0 Å². The Hall–Kier alpha value is -1.92. The zero-order chi connectivity index (χ0) is 14.9. The minimum atomic E-state index is -3.42. The molecule has 0 amide bonds. The van der Waals surface area contributed by atoms with Gasteiger partial charge in [0.1, 0.15) is 0 Å². The highest BCUT2D eigenvalue weighted by Crippen LogP contribution is 2.25. The lowest BCUT2D eigenvalue weighted by molar-refractivity contribution is 0.600. The normalized spacial score (nSPS) is 11.7. The first-order valence-corrected chi connectivity index (χ1v) is 8.90. The number of thiazole rings is 1. The van der Waals surface area contributed by atoms with E-state index in [2.05, 4.69) is 9.71 Å². The van der Waals surface area contributed by atoms with Crippen molar-refractivity contribution in [3.8, 4) is 0 Å². The molecule has 0 atom stereocenters. The quantitative estimate of drug-likeness (QED) is 0.800. The number of anilines is 1. The molecule has 6 heteroatoms. The first-order valence-electron chi connectivity index (χ1n) is 6.43. The standard InChI is InChI=1S/C15H14N2O2S2/c1-11-16-14-9-13(7-8-15(14)20-11)17-21(18,19)10-12-5-3-2-4-6-12/h2-9,17H,10H2,1H3. The van der Waals surface area contributed by atoms with Gasteiger partial charge in [-0.1, -0.05) is 30.3 Å². The highest BCUT2D eigenvalue weighted by molar-refractivity contribution is 7.91. The summed E-state index contributed by atoms with van der Waals surface area (Å²) in [5.74, 6) is -0.0397. The molecule has 0 aliphatic carbocycles. The molecule has 0 radical (unpaired) electrons. The lowest BCUT2D eigenvalue weighted by Crippen LogP contribution is -2.14. The van der Waals surface area contributed by atoms with E-state index in [9.17, 15) is 8.42 Å². The van der Waals surface area contributed by atoms with Gasteiger partial charge in [-0.05, 0) is 30.7 Å². The van der Waals surface area contributed by atoms with Crippen molar-refractivity contribution >= 4 is 37.3 Å². The van der Waals surface area contributed by atoms with Gasteiger partial charge in [0.15, 0.2) is 0 Å². The molecule has 0 fully saturated rings. The summed E-state index contributed by atoms with van der Waals surface area (Å²) >= 11 is 1.59. The summed E-state index contributed by atoms with van der Waals surface area (Å²) in [6, 6.07) is 14.5.